The molecule has 0 atom stereocenters. The second-order valence-electron chi connectivity index (χ2n) is 3.68. The summed E-state index contributed by atoms with van der Waals surface area (Å²) < 4.78 is 6.07. The molecule has 0 amide bonds. The van der Waals surface area contributed by atoms with Crippen LogP contribution in [-0.4, -0.2) is 9.91 Å². The number of hydrogen-bond donors (Lipinski definition) is 0. The highest BCUT2D eigenvalue weighted by molar-refractivity contribution is 9.10. The zero-order valence-corrected chi connectivity index (χ0v) is 11.9. The lowest BCUT2D eigenvalue weighted by molar-refractivity contribution is -0.385. The maximum Gasteiger partial charge on any atom is 0.274 e. The summed E-state index contributed by atoms with van der Waals surface area (Å²) in [4.78, 5) is 14.2. The minimum absolute atomic E-state index is 0.0291. The van der Waals surface area contributed by atoms with Crippen molar-refractivity contribution >= 4 is 33.2 Å². The van der Waals surface area contributed by atoms with E-state index in [1.807, 2.05) is 0 Å². The van der Waals surface area contributed by atoms with Crippen LogP contribution < -0.4 is 4.74 Å². The molecule has 0 fully saturated rings. The number of pyridine rings is 1. The molecule has 0 spiro atoms. The van der Waals surface area contributed by atoms with Crippen molar-refractivity contribution in [3.05, 3.63) is 61.8 Å². The van der Waals surface area contributed by atoms with Crippen molar-refractivity contribution in [1.82, 2.24) is 4.98 Å². The highest BCUT2D eigenvalue weighted by Gasteiger charge is 2.09. The largest absolute Gasteiger partial charge is 0.489 e. The molecule has 1 heterocycles. The minimum Gasteiger partial charge on any atom is -0.489 e. The van der Waals surface area contributed by atoms with Crippen molar-refractivity contribution in [2.24, 2.45) is 0 Å². The molecule has 0 aliphatic carbocycles. The Morgan fingerprint density at radius 1 is 1.37 bits per heavy atom. The zero-order valence-electron chi connectivity index (χ0n) is 9.55. The Balaban J connectivity index is 2.11. The molecule has 98 valence electrons. The summed E-state index contributed by atoms with van der Waals surface area (Å²) in [5.41, 5.74) is 0.797. The molecule has 7 heteroatoms. The number of aromatic nitrogens is 1. The molecular weight excluding hydrogens is 336 g/mol. The van der Waals surface area contributed by atoms with Gasteiger partial charge in [-0.05, 0) is 12.1 Å². The highest BCUT2D eigenvalue weighted by atomic mass is 79.9. The fourth-order valence-corrected chi connectivity index (χ4v) is 1.97. The van der Waals surface area contributed by atoms with Crippen LogP contribution in [0.3, 0.4) is 0 Å². The first-order valence-electron chi connectivity index (χ1n) is 5.23. The third-order valence-corrected chi connectivity index (χ3v) is 2.94. The van der Waals surface area contributed by atoms with Gasteiger partial charge in [0.25, 0.3) is 5.69 Å². The topological polar surface area (TPSA) is 65.3 Å². The van der Waals surface area contributed by atoms with E-state index in [9.17, 15) is 10.1 Å². The molecule has 0 saturated carbocycles. The number of rotatable bonds is 4. The standard InChI is InChI=1S/C12H8BrClN2O3/c13-9-3-10(16(17)18)5-11(4-9)19-7-8-1-2-12(14)15-6-8/h1-6H,7H2. The number of nitro benzene ring substituents is 1. The predicted molar refractivity (Wildman–Crippen MR) is 74.4 cm³/mol. The van der Waals surface area contributed by atoms with E-state index in [0.717, 1.165) is 5.56 Å². The molecular formula is C12H8BrClN2O3. The molecule has 0 unspecified atom stereocenters. The van der Waals surface area contributed by atoms with Gasteiger partial charge in [-0.2, -0.15) is 0 Å². The number of halogens is 2. The third kappa shape index (κ3) is 3.90. The van der Waals surface area contributed by atoms with Crippen LogP contribution >= 0.6 is 27.5 Å². The molecule has 2 rings (SSSR count). The van der Waals surface area contributed by atoms with Gasteiger partial charge in [0, 0.05) is 22.3 Å². The Kier molecular flexibility index (Phi) is 4.34. The first-order chi connectivity index (χ1) is 9.04. The first kappa shape index (κ1) is 13.8. The number of hydrogen-bond acceptors (Lipinski definition) is 4. The van der Waals surface area contributed by atoms with Gasteiger partial charge >= 0.3 is 0 Å². The normalized spacial score (nSPS) is 10.2. The quantitative estimate of drug-likeness (QED) is 0.478. The van der Waals surface area contributed by atoms with E-state index in [1.54, 1.807) is 24.4 Å². The van der Waals surface area contributed by atoms with Crippen LogP contribution in [0.15, 0.2) is 41.0 Å². The summed E-state index contributed by atoms with van der Waals surface area (Å²) in [6.45, 7) is 0.262. The lowest BCUT2D eigenvalue weighted by atomic mass is 10.3. The molecule has 19 heavy (non-hydrogen) atoms. The predicted octanol–water partition coefficient (Wildman–Crippen LogP) is 3.98. The Morgan fingerprint density at radius 2 is 2.16 bits per heavy atom. The van der Waals surface area contributed by atoms with E-state index in [2.05, 4.69) is 20.9 Å². The number of benzene rings is 1. The first-order valence-corrected chi connectivity index (χ1v) is 6.40. The fraction of sp³-hybridized carbons (Fsp3) is 0.0833. The number of nitro groups is 1. The maximum atomic E-state index is 10.7. The lowest BCUT2D eigenvalue weighted by Crippen LogP contribution is -1.97. The smallest absolute Gasteiger partial charge is 0.274 e. The van der Waals surface area contributed by atoms with Gasteiger partial charge in [0.05, 0.1) is 11.0 Å². The summed E-state index contributed by atoms with van der Waals surface area (Å²) >= 11 is 8.87. The number of non-ortho nitro benzene ring substituents is 1. The minimum atomic E-state index is -0.471. The van der Waals surface area contributed by atoms with Crippen molar-refractivity contribution in [1.29, 1.82) is 0 Å². The van der Waals surface area contributed by atoms with Crippen molar-refractivity contribution in [3.8, 4) is 5.75 Å². The fourth-order valence-electron chi connectivity index (χ4n) is 1.40. The van der Waals surface area contributed by atoms with E-state index >= 15 is 0 Å². The molecule has 0 radical (unpaired) electrons. The molecule has 2 aromatic rings. The van der Waals surface area contributed by atoms with E-state index in [-0.39, 0.29) is 12.3 Å². The van der Waals surface area contributed by atoms with Gasteiger partial charge in [-0.1, -0.05) is 33.6 Å². The van der Waals surface area contributed by atoms with Gasteiger partial charge in [-0.3, -0.25) is 10.1 Å². The Morgan fingerprint density at radius 3 is 2.79 bits per heavy atom. The van der Waals surface area contributed by atoms with E-state index in [1.165, 1.54) is 12.1 Å². The van der Waals surface area contributed by atoms with Gasteiger partial charge in [0.2, 0.25) is 0 Å². The van der Waals surface area contributed by atoms with Crippen LogP contribution in [0.25, 0.3) is 0 Å². The second kappa shape index (κ2) is 5.99. The maximum absolute atomic E-state index is 10.7. The molecule has 0 bridgehead atoms. The summed E-state index contributed by atoms with van der Waals surface area (Å²) in [5, 5.41) is 11.1. The van der Waals surface area contributed by atoms with Crippen LogP contribution in [0.4, 0.5) is 5.69 Å². The van der Waals surface area contributed by atoms with Crippen LogP contribution in [0.1, 0.15) is 5.56 Å². The molecule has 0 aliphatic heterocycles. The third-order valence-electron chi connectivity index (χ3n) is 2.26. The van der Waals surface area contributed by atoms with Crippen molar-refractivity contribution < 1.29 is 9.66 Å². The van der Waals surface area contributed by atoms with E-state index < -0.39 is 4.92 Å². The lowest BCUT2D eigenvalue weighted by Gasteiger charge is -2.06. The summed E-state index contributed by atoms with van der Waals surface area (Å²) in [7, 11) is 0. The second-order valence-corrected chi connectivity index (χ2v) is 4.98. The summed E-state index contributed by atoms with van der Waals surface area (Å²) in [6, 6.07) is 7.88. The molecule has 0 saturated heterocycles. The van der Waals surface area contributed by atoms with Gasteiger partial charge in [-0.15, -0.1) is 0 Å². The monoisotopic (exact) mass is 342 g/mol. The van der Waals surface area contributed by atoms with Gasteiger partial charge < -0.3 is 4.74 Å². The van der Waals surface area contributed by atoms with Crippen LogP contribution in [0, 0.1) is 10.1 Å². The Hall–Kier alpha value is -1.66. The molecule has 5 nitrogen and oxygen atoms in total. The highest BCUT2D eigenvalue weighted by Crippen LogP contribution is 2.26. The van der Waals surface area contributed by atoms with Crippen LogP contribution in [0.5, 0.6) is 5.75 Å². The van der Waals surface area contributed by atoms with Gasteiger partial charge in [0.1, 0.15) is 17.5 Å². The summed E-state index contributed by atoms with van der Waals surface area (Å²) in [6.07, 6.45) is 1.59. The average molecular weight is 344 g/mol. The van der Waals surface area contributed by atoms with E-state index in [4.69, 9.17) is 16.3 Å². The van der Waals surface area contributed by atoms with Crippen molar-refractivity contribution in [2.45, 2.75) is 6.61 Å². The van der Waals surface area contributed by atoms with Gasteiger partial charge in [-0.25, -0.2) is 4.98 Å². The van der Waals surface area contributed by atoms with Gasteiger partial charge in [0.15, 0.2) is 0 Å². The van der Waals surface area contributed by atoms with Crippen LogP contribution in [-0.2, 0) is 6.61 Å². The van der Waals surface area contributed by atoms with Crippen molar-refractivity contribution in [2.75, 3.05) is 0 Å². The van der Waals surface area contributed by atoms with Crippen molar-refractivity contribution in [3.63, 3.8) is 0 Å². The summed E-state index contributed by atoms with van der Waals surface area (Å²) in [5.74, 6) is 0.413. The Bertz CT molecular complexity index is 604. The average Bonchev–Trinajstić information content (AvgIpc) is 2.37. The molecule has 1 aromatic carbocycles. The number of ether oxygens (including phenoxy) is 1. The zero-order chi connectivity index (χ0) is 13.8. The molecule has 0 N–H and O–H groups in total. The molecule has 0 aliphatic rings. The Labute approximate surface area is 122 Å². The molecule has 1 aromatic heterocycles. The SMILES string of the molecule is O=[N+]([O-])c1cc(Br)cc(OCc2ccc(Cl)nc2)c1. The number of nitrogens with zero attached hydrogens (tertiary/aromatic N) is 2. The van der Waals surface area contributed by atoms with E-state index in [0.29, 0.717) is 15.4 Å². The van der Waals surface area contributed by atoms with Crippen LogP contribution in [0.2, 0.25) is 5.15 Å².